The summed E-state index contributed by atoms with van der Waals surface area (Å²) < 4.78 is 0. The minimum absolute atomic E-state index is 0.118. The van der Waals surface area contributed by atoms with Crippen LogP contribution in [0.25, 0.3) is 0 Å². The molecule has 0 saturated heterocycles. The van der Waals surface area contributed by atoms with Crippen molar-refractivity contribution < 1.29 is 4.79 Å². The highest BCUT2D eigenvalue weighted by atomic mass is 16.1. The predicted octanol–water partition coefficient (Wildman–Crippen LogP) is 2.31. The topological polar surface area (TPSA) is 80.0 Å². The molecule has 0 bridgehead atoms. The van der Waals surface area contributed by atoms with Crippen molar-refractivity contribution in [2.45, 2.75) is 46.1 Å². The number of nitrogens with two attached hydrogens (primary N) is 1. The first kappa shape index (κ1) is 15.4. The number of hydrazine groups is 1. The van der Waals surface area contributed by atoms with Crippen molar-refractivity contribution in [1.29, 1.82) is 0 Å². The molecule has 0 aliphatic carbocycles. The van der Waals surface area contributed by atoms with Crippen LogP contribution in [0, 0.1) is 5.92 Å². The molecule has 1 amide bonds. The maximum Gasteiger partial charge on any atom is 0.253 e. The third-order valence-corrected chi connectivity index (χ3v) is 3.02. The van der Waals surface area contributed by atoms with Crippen LogP contribution in [0.3, 0.4) is 0 Å². The molecule has 1 aromatic rings. The highest BCUT2D eigenvalue weighted by Crippen LogP contribution is 2.13. The Hall–Kier alpha value is -1.62. The summed E-state index contributed by atoms with van der Waals surface area (Å²) in [6.07, 6.45) is 6.42. The van der Waals surface area contributed by atoms with Crippen LogP contribution in [0.4, 0.5) is 5.69 Å². The van der Waals surface area contributed by atoms with Crippen molar-refractivity contribution in [1.82, 2.24) is 10.3 Å². The van der Waals surface area contributed by atoms with E-state index in [0.717, 1.165) is 12.8 Å². The van der Waals surface area contributed by atoms with Gasteiger partial charge in [-0.25, -0.2) is 0 Å². The molecule has 0 aromatic carbocycles. The fraction of sp³-hybridized carbons (Fsp3) is 0.571. The normalized spacial score (nSPS) is 12.3. The molecule has 1 atom stereocenters. The van der Waals surface area contributed by atoms with Gasteiger partial charge >= 0.3 is 0 Å². The van der Waals surface area contributed by atoms with E-state index in [2.05, 4.69) is 29.6 Å². The Kier molecular flexibility index (Phi) is 6.29. The predicted molar refractivity (Wildman–Crippen MR) is 77.7 cm³/mol. The number of pyridine rings is 1. The molecule has 0 aliphatic rings. The molecule has 19 heavy (non-hydrogen) atoms. The molecule has 0 radical (unpaired) electrons. The zero-order valence-electron chi connectivity index (χ0n) is 11.9. The molecule has 1 heterocycles. The van der Waals surface area contributed by atoms with Gasteiger partial charge in [0.25, 0.3) is 5.91 Å². The molecular formula is C14H24N4O. The van der Waals surface area contributed by atoms with Crippen molar-refractivity contribution in [3.8, 4) is 0 Å². The zero-order valence-corrected chi connectivity index (χ0v) is 11.9. The second-order valence-corrected chi connectivity index (χ2v) is 5.26. The molecule has 4 N–H and O–H groups in total. The lowest BCUT2D eigenvalue weighted by molar-refractivity contribution is 0.0938. The number of aromatic nitrogens is 1. The van der Waals surface area contributed by atoms with Gasteiger partial charge in [0.15, 0.2) is 0 Å². The number of nitrogen functional groups attached to an aromatic ring is 1. The molecule has 0 saturated carbocycles. The second kappa shape index (κ2) is 7.74. The van der Waals surface area contributed by atoms with Gasteiger partial charge in [0.2, 0.25) is 0 Å². The van der Waals surface area contributed by atoms with E-state index in [1.807, 2.05) is 6.92 Å². The minimum Gasteiger partial charge on any atom is -0.350 e. The Balaban J connectivity index is 2.50. The molecule has 5 heteroatoms. The van der Waals surface area contributed by atoms with Crippen molar-refractivity contribution in [2.75, 3.05) is 5.43 Å². The number of carbonyl (C=O) groups excluding carboxylic acids is 1. The standard InChI is InChI=1S/C14H24N4O/c1-10(2)5-4-6-11(3)17-14(19)12-7-8-16-9-13(12)18-15/h7-11,18H,4-6,15H2,1-3H3,(H,17,19). The summed E-state index contributed by atoms with van der Waals surface area (Å²) in [5.74, 6) is 5.95. The summed E-state index contributed by atoms with van der Waals surface area (Å²) in [6, 6.07) is 1.82. The Labute approximate surface area is 115 Å². The van der Waals surface area contributed by atoms with Gasteiger partial charge in [0.05, 0.1) is 17.4 Å². The van der Waals surface area contributed by atoms with Gasteiger partial charge in [0.1, 0.15) is 0 Å². The molecule has 5 nitrogen and oxygen atoms in total. The highest BCUT2D eigenvalue weighted by molar-refractivity contribution is 5.99. The maximum absolute atomic E-state index is 12.1. The number of amides is 1. The fourth-order valence-electron chi connectivity index (χ4n) is 1.91. The van der Waals surface area contributed by atoms with Crippen LogP contribution in [0.15, 0.2) is 18.5 Å². The Morgan fingerprint density at radius 3 is 2.74 bits per heavy atom. The number of hydrogen-bond donors (Lipinski definition) is 3. The Bertz CT molecular complexity index is 406. The first-order chi connectivity index (χ1) is 9.04. The average molecular weight is 264 g/mol. The van der Waals surface area contributed by atoms with Gasteiger partial charge < -0.3 is 10.7 Å². The van der Waals surface area contributed by atoms with Gasteiger partial charge in [-0.05, 0) is 25.3 Å². The number of rotatable bonds is 7. The number of nitrogens with one attached hydrogen (secondary N) is 2. The summed E-state index contributed by atoms with van der Waals surface area (Å²) in [7, 11) is 0. The van der Waals surface area contributed by atoms with Crippen molar-refractivity contribution >= 4 is 11.6 Å². The lowest BCUT2D eigenvalue weighted by atomic mass is 10.0. The molecule has 106 valence electrons. The highest BCUT2D eigenvalue weighted by Gasteiger charge is 2.13. The van der Waals surface area contributed by atoms with Crippen LogP contribution in [-0.2, 0) is 0 Å². The van der Waals surface area contributed by atoms with E-state index in [-0.39, 0.29) is 11.9 Å². The van der Waals surface area contributed by atoms with Gasteiger partial charge in [-0.3, -0.25) is 15.6 Å². The molecule has 0 fully saturated rings. The van der Waals surface area contributed by atoms with Crippen LogP contribution < -0.4 is 16.6 Å². The van der Waals surface area contributed by atoms with Crippen LogP contribution in [-0.4, -0.2) is 16.9 Å². The van der Waals surface area contributed by atoms with Crippen molar-refractivity contribution in [3.63, 3.8) is 0 Å². The average Bonchev–Trinajstić information content (AvgIpc) is 2.38. The lowest BCUT2D eigenvalue weighted by Crippen LogP contribution is -2.33. The lowest BCUT2D eigenvalue weighted by Gasteiger charge is -2.15. The molecule has 1 aromatic heterocycles. The van der Waals surface area contributed by atoms with E-state index in [1.54, 1.807) is 18.5 Å². The largest absolute Gasteiger partial charge is 0.350 e. The SMILES string of the molecule is CC(C)CCCC(C)NC(=O)c1ccncc1NN. The maximum atomic E-state index is 12.1. The number of carbonyl (C=O) groups is 1. The first-order valence-corrected chi connectivity index (χ1v) is 6.76. The molecule has 1 rings (SSSR count). The zero-order chi connectivity index (χ0) is 14.3. The smallest absolute Gasteiger partial charge is 0.253 e. The first-order valence-electron chi connectivity index (χ1n) is 6.76. The number of anilines is 1. The summed E-state index contributed by atoms with van der Waals surface area (Å²) in [6.45, 7) is 6.44. The van der Waals surface area contributed by atoms with Crippen molar-refractivity contribution in [3.05, 3.63) is 24.0 Å². The quantitative estimate of drug-likeness (QED) is 0.521. The minimum atomic E-state index is -0.118. The van der Waals surface area contributed by atoms with Crippen LogP contribution in [0.1, 0.15) is 50.4 Å². The van der Waals surface area contributed by atoms with Gasteiger partial charge in [-0.15, -0.1) is 0 Å². The van der Waals surface area contributed by atoms with E-state index < -0.39 is 0 Å². The molecule has 0 aliphatic heterocycles. The van der Waals surface area contributed by atoms with E-state index >= 15 is 0 Å². The number of nitrogens with zero attached hydrogens (tertiary/aromatic N) is 1. The second-order valence-electron chi connectivity index (χ2n) is 5.26. The summed E-state index contributed by atoms with van der Waals surface area (Å²) in [4.78, 5) is 16.0. The fourth-order valence-corrected chi connectivity index (χ4v) is 1.91. The van der Waals surface area contributed by atoms with E-state index in [9.17, 15) is 4.79 Å². The summed E-state index contributed by atoms with van der Waals surface area (Å²) in [5, 5.41) is 2.98. The summed E-state index contributed by atoms with van der Waals surface area (Å²) in [5.41, 5.74) is 3.54. The number of hydrogen-bond acceptors (Lipinski definition) is 4. The van der Waals surface area contributed by atoms with Gasteiger partial charge in [-0.1, -0.05) is 26.7 Å². The van der Waals surface area contributed by atoms with Gasteiger partial charge in [0, 0.05) is 12.2 Å². The van der Waals surface area contributed by atoms with E-state index in [4.69, 9.17) is 5.84 Å². The Morgan fingerprint density at radius 1 is 1.37 bits per heavy atom. The van der Waals surface area contributed by atoms with E-state index in [1.165, 1.54) is 6.42 Å². The van der Waals surface area contributed by atoms with E-state index in [0.29, 0.717) is 17.2 Å². The van der Waals surface area contributed by atoms with Crippen molar-refractivity contribution in [2.24, 2.45) is 11.8 Å². The third kappa shape index (κ3) is 5.26. The molecular weight excluding hydrogens is 240 g/mol. The molecule has 1 unspecified atom stereocenters. The van der Waals surface area contributed by atoms with Crippen LogP contribution in [0.5, 0.6) is 0 Å². The van der Waals surface area contributed by atoms with Crippen LogP contribution in [0.2, 0.25) is 0 Å². The summed E-state index contributed by atoms with van der Waals surface area (Å²) >= 11 is 0. The monoisotopic (exact) mass is 264 g/mol. The molecule has 0 spiro atoms. The Morgan fingerprint density at radius 2 is 2.11 bits per heavy atom. The van der Waals surface area contributed by atoms with Gasteiger partial charge in [-0.2, -0.15) is 0 Å². The van der Waals surface area contributed by atoms with Crippen LogP contribution >= 0.6 is 0 Å². The third-order valence-electron chi connectivity index (χ3n) is 3.02.